The van der Waals surface area contributed by atoms with Crippen molar-refractivity contribution >= 4 is 44.9 Å². The number of rotatable bonds is 2. The van der Waals surface area contributed by atoms with E-state index >= 15 is 4.57 Å². The van der Waals surface area contributed by atoms with Gasteiger partial charge in [0.1, 0.15) is 11.9 Å². The minimum absolute atomic E-state index is 0.0185. The Labute approximate surface area is 307 Å². The Balaban J connectivity index is 1.25. The highest BCUT2D eigenvalue weighted by Crippen LogP contribution is 2.61. The Hall–Kier alpha value is -6.15. The highest BCUT2D eigenvalue weighted by molar-refractivity contribution is 7.85. The number of nitrogens with zero attached hydrogens (tertiary/aromatic N) is 1. The van der Waals surface area contributed by atoms with Gasteiger partial charge in [0, 0.05) is 43.7 Å². The number of benzene rings is 7. The van der Waals surface area contributed by atoms with Gasteiger partial charge >= 0.3 is 0 Å². The van der Waals surface area contributed by atoms with Gasteiger partial charge in [-0.25, -0.2) is 0 Å². The van der Waals surface area contributed by atoms with Gasteiger partial charge in [-0.1, -0.05) is 152 Å². The fourth-order valence-corrected chi connectivity index (χ4v) is 13.3. The number of aromatic nitrogens is 1. The monoisotopic (exact) mass is 697 g/mol. The molecule has 0 N–H and O–H groups in total. The van der Waals surface area contributed by atoms with E-state index in [0.717, 1.165) is 49.6 Å². The molecule has 7 aromatic carbocycles. The second kappa shape index (κ2) is 10.5. The van der Waals surface area contributed by atoms with E-state index in [2.05, 4.69) is 156 Å². The van der Waals surface area contributed by atoms with Crippen molar-refractivity contribution in [2.45, 2.75) is 17.4 Å². The van der Waals surface area contributed by atoms with Crippen LogP contribution in [0.3, 0.4) is 0 Å². The first-order chi connectivity index (χ1) is 26.2. The summed E-state index contributed by atoms with van der Waals surface area (Å²) >= 11 is 0. The third-order valence-corrected chi connectivity index (χ3v) is 15.4. The summed E-state index contributed by atoms with van der Waals surface area (Å²) in [4.78, 5) is 0. The summed E-state index contributed by atoms with van der Waals surface area (Å²) in [5.74, 6) is 1.12. The minimum Gasteiger partial charge on any atom is -0.484 e. The molecule has 12 rings (SSSR count). The van der Waals surface area contributed by atoms with E-state index in [1.54, 1.807) is 0 Å². The number of hydrogen-bond acceptors (Lipinski definition) is 2. The molecule has 0 fully saturated rings. The van der Waals surface area contributed by atoms with Gasteiger partial charge in [-0.15, -0.1) is 0 Å². The van der Waals surface area contributed by atoms with Crippen LogP contribution in [-0.2, 0) is 9.98 Å². The van der Waals surface area contributed by atoms with Gasteiger partial charge in [-0.05, 0) is 58.2 Å². The summed E-state index contributed by atoms with van der Waals surface area (Å²) in [6, 6.07) is 56.3. The molecule has 0 bridgehead atoms. The lowest BCUT2D eigenvalue weighted by atomic mass is 9.62. The smallest absolute Gasteiger partial charge is 0.171 e. The second-order valence-corrected chi connectivity index (χ2v) is 17.3. The third kappa shape index (κ3) is 3.58. The fourth-order valence-electron chi connectivity index (χ4n) is 10.1. The van der Waals surface area contributed by atoms with Crippen LogP contribution in [0.4, 0.5) is 0 Å². The van der Waals surface area contributed by atoms with Crippen molar-refractivity contribution in [1.29, 1.82) is 0 Å². The quantitative estimate of drug-likeness (QED) is 0.169. The zero-order chi connectivity index (χ0) is 34.9. The molecule has 3 nitrogen and oxygen atoms in total. The molecule has 250 valence electrons. The Morgan fingerprint density at radius 2 is 1.30 bits per heavy atom. The molecule has 4 atom stereocenters. The van der Waals surface area contributed by atoms with Crippen LogP contribution in [0.5, 0.6) is 5.75 Å². The summed E-state index contributed by atoms with van der Waals surface area (Å²) in [5, 5.41) is 5.08. The molecular formula is C49H32NO2P. The number of fused-ring (bicyclic) bond motifs is 14. The first-order valence-electron chi connectivity index (χ1n) is 18.4. The zero-order valence-electron chi connectivity index (χ0n) is 28.7. The van der Waals surface area contributed by atoms with E-state index in [1.165, 1.54) is 38.5 Å². The van der Waals surface area contributed by atoms with Gasteiger partial charge < -0.3 is 13.9 Å². The Morgan fingerprint density at radius 3 is 2.23 bits per heavy atom. The Bertz CT molecular complexity index is 2990. The first-order valence-corrected chi connectivity index (χ1v) is 20.1. The van der Waals surface area contributed by atoms with Crippen molar-refractivity contribution in [3.63, 3.8) is 0 Å². The number of hydrogen-bond donors (Lipinski definition) is 0. The molecule has 53 heavy (non-hydrogen) atoms. The third-order valence-electron chi connectivity index (χ3n) is 12.2. The fraction of sp³-hybridized carbons (Fsp3) is 0.0612. The molecule has 1 aromatic heterocycles. The largest absolute Gasteiger partial charge is 0.484 e. The summed E-state index contributed by atoms with van der Waals surface area (Å²) < 4.78 is 25.6. The maximum Gasteiger partial charge on any atom is 0.171 e. The number of para-hydroxylation sites is 4. The van der Waals surface area contributed by atoms with E-state index in [-0.39, 0.29) is 12.0 Å². The van der Waals surface area contributed by atoms with Crippen molar-refractivity contribution in [2.24, 2.45) is 0 Å². The lowest BCUT2D eigenvalue weighted by Gasteiger charge is -2.47. The average Bonchev–Trinajstić information content (AvgIpc) is 3.78. The van der Waals surface area contributed by atoms with E-state index in [1.807, 2.05) is 30.3 Å². The number of ether oxygens (including phenoxy) is 1. The van der Waals surface area contributed by atoms with Gasteiger partial charge in [0.2, 0.25) is 0 Å². The van der Waals surface area contributed by atoms with Crippen LogP contribution in [0, 0.1) is 0 Å². The van der Waals surface area contributed by atoms with Crippen LogP contribution in [0.25, 0.3) is 38.6 Å². The molecule has 4 heteroatoms. The maximum atomic E-state index is 16.4. The van der Waals surface area contributed by atoms with Gasteiger partial charge in [0.25, 0.3) is 0 Å². The summed E-state index contributed by atoms with van der Waals surface area (Å²) in [7, 11) is -3.34. The van der Waals surface area contributed by atoms with E-state index < -0.39 is 12.6 Å². The van der Waals surface area contributed by atoms with Crippen LogP contribution in [-0.4, -0.2) is 10.7 Å². The minimum atomic E-state index is -3.34. The predicted molar refractivity (Wildman–Crippen MR) is 216 cm³/mol. The lowest BCUT2D eigenvalue weighted by Crippen LogP contribution is -2.48. The Kier molecular flexibility index (Phi) is 5.81. The van der Waals surface area contributed by atoms with Crippen molar-refractivity contribution < 1.29 is 9.30 Å². The van der Waals surface area contributed by atoms with Crippen LogP contribution in [0.1, 0.15) is 33.7 Å². The van der Waals surface area contributed by atoms with Gasteiger partial charge in [-0.3, -0.25) is 0 Å². The molecule has 1 aliphatic carbocycles. The molecule has 8 aromatic rings. The standard InChI is InChI=1S/C49H32NO2P/c51-53(32-14-2-1-3-15-32)45-27-11-7-22-39(45)49(38-21-6-9-25-43(38)50-42-24-8-4-16-34(42)36-19-13-23-40(49)47(36)50)41-30-31(28-29-46(41)53)33-18-12-20-37-35-17-5-10-26-44(35)52-48(33)37/h1-30,35,44H. The summed E-state index contributed by atoms with van der Waals surface area (Å²) in [5.41, 5.74) is 10.6. The molecule has 0 radical (unpaired) electrons. The topological polar surface area (TPSA) is 31.2 Å². The molecule has 3 aliphatic heterocycles. The molecule has 0 amide bonds. The predicted octanol–water partition coefficient (Wildman–Crippen LogP) is 10.1. The molecule has 4 heterocycles. The van der Waals surface area contributed by atoms with Crippen molar-refractivity contribution in [3.05, 3.63) is 210 Å². The van der Waals surface area contributed by atoms with E-state index in [0.29, 0.717) is 0 Å². The van der Waals surface area contributed by atoms with Gasteiger partial charge in [0.15, 0.2) is 7.14 Å². The summed E-state index contributed by atoms with van der Waals surface area (Å²) in [6.07, 6.45) is 8.58. The second-order valence-electron chi connectivity index (χ2n) is 14.6. The SMILES string of the molecule is O=P1(c2ccccc2)c2ccccc2C2(c3ccccc3-n3c4ccccc4c4cccc2c43)c2cc(-c3cccc4c3OC3C=CC=CC43)ccc21. The van der Waals surface area contributed by atoms with Crippen molar-refractivity contribution in [2.75, 3.05) is 0 Å². The normalized spacial score (nSPS) is 22.6. The highest BCUT2D eigenvalue weighted by Gasteiger charge is 2.54. The van der Waals surface area contributed by atoms with Crippen LogP contribution in [0.2, 0.25) is 0 Å². The van der Waals surface area contributed by atoms with E-state index in [4.69, 9.17) is 4.74 Å². The first kappa shape index (κ1) is 29.4. The van der Waals surface area contributed by atoms with Gasteiger partial charge in [0.05, 0.1) is 22.1 Å². The van der Waals surface area contributed by atoms with Crippen molar-refractivity contribution in [3.8, 4) is 22.6 Å². The molecule has 0 saturated heterocycles. The highest BCUT2D eigenvalue weighted by atomic mass is 31.2. The molecular weight excluding hydrogens is 666 g/mol. The zero-order valence-corrected chi connectivity index (χ0v) is 29.6. The molecule has 0 saturated carbocycles. The average molecular weight is 698 g/mol. The molecule has 4 unspecified atom stereocenters. The van der Waals surface area contributed by atoms with E-state index in [9.17, 15) is 0 Å². The molecule has 1 spiro atoms. The van der Waals surface area contributed by atoms with Crippen LogP contribution < -0.4 is 20.7 Å². The Morgan fingerprint density at radius 1 is 0.585 bits per heavy atom. The van der Waals surface area contributed by atoms with Gasteiger partial charge in [-0.2, -0.15) is 0 Å². The molecule has 4 aliphatic rings. The van der Waals surface area contributed by atoms with Crippen LogP contribution in [0.15, 0.2) is 182 Å². The number of allylic oxidation sites excluding steroid dienone is 2. The van der Waals surface area contributed by atoms with Crippen LogP contribution >= 0.6 is 7.14 Å². The maximum absolute atomic E-state index is 16.4. The lowest BCUT2D eigenvalue weighted by molar-refractivity contribution is 0.270. The van der Waals surface area contributed by atoms with Crippen molar-refractivity contribution in [1.82, 2.24) is 4.57 Å². The summed E-state index contributed by atoms with van der Waals surface area (Å²) in [6.45, 7) is 0.